The highest BCUT2D eigenvalue weighted by Crippen LogP contribution is 2.34. The van der Waals surface area contributed by atoms with Gasteiger partial charge in [0.05, 0.1) is 20.8 Å². The van der Waals surface area contributed by atoms with E-state index in [1.54, 1.807) is 0 Å². The lowest BCUT2D eigenvalue weighted by molar-refractivity contribution is -0.164. The van der Waals surface area contributed by atoms with E-state index in [2.05, 4.69) is 38.8 Å². The van der Waals surface area contributed by atoms with Crippen LogP contribution in [0.4, 0.5) is 0 Å². The van der Waals surface area contributed by atoms with E-state index in [4.69, 9.17) is 9.47 Å². The predicted molar refractivity (Wildman–Crippen MR) is 105 cm³/mol. The molecule has 0 bridgehead atoms. The molecule has 0 aromatic heterocycles. The summed E-state index contributed by atoms with van der Waals surface area (Å²) in [5, 5.41) is 4.80. The van der Waals surface area contributed by atoms with Crippen molar-refractivity contribution >= 4 is 19.2 Å². The highest BCUT2D eigenvalue weighted by molar-refractivity contribution is 6.89. The molecule has 1 heterocycles. The van der Waals surface area contributed by atoms with Crippen molar-refractivity contribution < 1.29 is 14.3 Å². The van der Waals surface area contributed by atoms with Gasteiger partial charge in [-0.15, -0.1) is 0 Å². The number of nitrogens with one attached hydrogen (secondary N) is 1. The van der Waals surface area contributed by atoms with Crippen LogP contribution in [0.2, 0.25) is 19.6 Å². The van der Waals surface area contributed by atoms with Crippen LogP contribution in [0.5, 0.6) is 0 Å². The van der Waals surface area contributed by atoms with Gasteiger partial charge in [-0.25, -0.2) is 4.79 Å². The third-order valence-corrected chi connectivity index (χ3v) is 6.96. The van der Waals surface area contributed by atoms with Crippen LogP contribution in [0.3, 0.4) is 0 Å². The van der Waals surface area contributed by atoms with E-state index < -0.39 is 19.8 Å². The first-order valence-electron chi connectivity index (χ1n) is 9.00. The van der Waals surface area contributed by atoms with Crippen LogP contribution in [0.15, 0.2) is 0 Å². The summed E-state index contributed by atoms with van der Waals surface area (Å²) >= 11 is 0. The van der Waals surface area contributed by atoms with Crippen LogP contribution in [0, 0.1) is 13.8 Å². The Bertz CT molecular complexity index is 684. The summed E-state index contributed by atoms with van der Waals surface area (Å²) in [6, 6.07) is 0. The minimum absolute atomic E-state index is 0.317. The van der Waals surface area contributed by atoms with E-state index in [1.165, 1.54) is 34.6 Å². The van der Waals surface area contributed by atoms with Gasteiger partial charge >= 0.3 is 5.97 Å². The zero-order chi connectivity index (χ0) is 19.2. The molecule has 1 aromatic rings. The molecule has 0 spiro atoms. The molecule has 1 aliphatic rings. The summed E-state index contributed by atoms with van der Waals surface area (Å²) in [6.45, 7) is 19.0. The summed E-state index contributed by atoms with van der Waals surface area (Å²) in [7, 11) is -0.272. The fraction of sp³-hybridized carbons (Fsp3) is 0.650. The number of hydrogen-bond acceptors (Lipinski definition) is 4. The molecule has 1 aromatic carbocycles. The molecule has 4 nitrogen and oxygen atoms in total. The van der Waals surface area contributed by atoms with Crippen molar-refractivity contribution in [1.29, 1.82) is 0 Å². The highest BCUT2D eigenvalue weighted by atomic mass is 28.3. The second-order valence-corrected chi connectivity index (χ2v) is 14.0. The number of ether oxygens (including phenoxy) is 2. The second-order valence-electron chi connectivity index (χ2n) is 8.98. The Morgan fingerprint density at radius 2 is 1.60 bits per heavy atom. The normalized spacial score (nSPS) is 15.9. The number of methoxy groups -OCH3 is 1. The van der Waals surface area contributed by atoms with Gasteiger partial charge in [0, 0.05) is 13.1 Å². The van der Waals surface area contributed by atoms with Gasteiger partial charge in [-0.3, -0.25) is 0 Å². The largest absolute Gasteiger partial charge is 0.467 e. The SMILES string of the molecule is COC(=O)[C@@H](OC(C)(C)C)c1c(C)c2c(c(C)c1[Si](C)(C)C)CNC2. The number of benzene rings is 1. The van der Waals surface area contributed by atoms with Crippen LogP contribution < -0.4 is 10.5 Å². The molecule has 140 valence electrons. The topological polar surface area (TPSA) is 47.6 Å². The maximum Gasteiger partial charge on any atom is 0.339 e. The van der Waals surface area contributed by atoms with Crippen molar-refractivity contribution in [3.05, 3.63) is 27.8 Å². The van der Waals surface area contributed by atoms with Gasteiger partial charge in [0.2, 0.25) is 0 Å². The van der Waals surface area contributed by atoms with Crippen LogP contribution in [-0.4, -0.2) is 26.8 Å². The van der Waals surface area contributed by atoms with Gasteiger partial charge in [0.15, 0.2) is 6.10 Å². The van der Waals surface area contributed by atoms with Gasteiger partial charge in [-0.1, -0.05) is 24.8 Å². The monoisotopic (exact) mass is 363 g/mol. The summed E-state index contributed by atoms with van der Waals surface area (Å²) < 4.78 is 11.4. The van der Waals surface area contributed by atoms with E-state index >= 15 is 0 Å². The molecule has 0 radical (unpaired) electrons. The molecule has 1 aliphatic heterocycles. The standard InChI is InChI=1S/C20H33NO3Si/c1-12-14-10-21-11-15(14)13(2)18(25(7,8)9)16(12)17(19(22)23-6)24-20(3,4)5/h17,21H,10-11H2,1-9H3/t17-/m0/s1. The minimum atomic E-state index is -1.71. The number of esters is 1. The van der Waals surface area contributed by atoms with Crippen molar-refractivity contribution in [2.75, 3.05) is 7.11 Å². The molecular formula is C20H33NO3Si. The summed E-state index contributed by atoms with van der Waals surface area (Å²) in [6.07, 6.45) is -0.684. The lowest BCUT2D eigenvalue weighted by atomic mass is 9.91. The average Bonchev–Trinajstić information content (AvgIpc) is 2.95. The number of fused-ring (bicyclic) bond motifs is 1. The smallest absolute Gasteiger partial charge is 0.339 e. The van der Waals surface area contributed by atoms with Crippen LogP contribution in [0.1, 0.15) is 54.7 Å². The van der Waals surface area contributed by atoms with E-state index in [1.807, 2.05) is 20.8 Å². The first-order valence-corrected chi connectivity index (χ1v) is 12.5. The lowest BCUT2D eigenvalue weighted by Gasteiger charge is -2.34. The number of rotatable bonds is 4. The second kappa shape index (κ2) is 6.86. The number of hydrogen-bond donors (Lipinski definition) is 1. The van der Waals surface area contributed by atoms with Crippen molar-refractivity contribution in [2.24, 2.45) is 0 Å². The zero-order valence-corrected chi connectivity index (χ0v) is 18.2. The first kappa shape index (κ1) is 20.1. The Morgan fingerprint density at radius 3 is 2.04 bits per heavy atom. The number of carbonyl (C=O) groups is 1. The predicted octanol–water partition coefficient (Wildman–Crippen LogP) is 3.48. The van der Waals surface area contributed by atoms with Gasteiger partial charge in [-0.2, -0.15) is 0 Å². The van der Waals surface area contributed by atoms with Crippen molar-refractivity contribution in [3.8, 4) is 0 Å². The Morgan fingerprint density at radius 1 is 1.08 bits per heavy atom. The molecule has 0 saturated carbocycles. The van der Waals surface area contributed by atoms with Gasteiger partial charge in [-0.05, 0) is 62.4 Å². The molecule has 5 heteroatoms. The van der Waals surface area contributed by atoms with E-state index in [0.717, 1.165) is 18.7 Å². The fourth-order valence-corrected chi connectivity index (χ4v) is 6.33. The van der Waals surface area contributed by atoms with Gasteiger partial charge < -0.3 is 14.8 Å². The molecule has 0 amide bonds. The third-order valence-electron chi connectivity index (χ3n) is 4.82. The Balaban J connectivity index is 2.81. The Labute approximate surface area is 153 Å². The minimum Gasteiger partial charge on any atom is -0.467 e. The molecular weight excluding hydrogens is 330 g/mol. The highest BCUT2D eigenvalue weighted by Gasteiger charge is 2.37. The van der Waals surface area contributed by atoms with E-state index in [9.17, 15) is 4.79 Å². The maximum atomic E-state index is 12.7. The van der Waals surface area contributed by atoms with E-state index in [0.29, 0.717) is 0 Å². The Kier molecular flexibility index (Phi) is 5.52. The molecule has 25 heavy (non-hydrogen) atoms. The molecule has 0 aliphatic carbocycles. The molecule has 0 unspecified atom stereocenters. The average molecular weight is 364 g/mol. The molecule has 0 saturated heterocycles. The van der Waals surface area contributed by atoms with Crippen LogP contribution in [0.25, 0.3) is 0 Å². The van der Waals surface area contributed by atoms with Crippen molar-refractivity contribution in [3.63, 3.8) is 0 Å². The fourth-order valence-electron chi connectivity index (χ4n) is 3.93. The lowest BCUT2D eigenvalue weighted by Crippen LogP contribution is -2.46. The van der Waals surface area contributed by atoms with Gasteiger partial charge in [0.25, 0.3) is 0 Å². The molecule has 0 fully saturated rings. The summed E-state index contributed by atoms with van der Waals surface area (Å²) in [4.78, 5) is 12.7. The zero-order valence-electron chi connectivity index (χ0n) is 17.2. The first-order chi connectivity index (χ1) is 11.4. The molecule has 1 atom stereocenters. The number of carbonyl (C=O) groups excluding carboxylic acids is 1. The molecule has 1 N–H and O–H groups in total. The van der Waals surface area contributed by atoms with E-state index in [-0.39, 0.29) is 5.97 Å². The molecule has 2 rings (SSSR count). The summed E-state index contributed by atoms with van der Waals surface area (Å²) in [5.41, 5.74) is 5.83. The van der Waals surface area contributed by atoms with Crippen LogP contribution in [-0.2, 0) is 27.4 Å². The Hall–Kier alpha value is -1.17. The van der Waals surface area contributed by atoms with Gasteiger partial charge in [0.1, 0.15) is 0 Å². The van der Waals surface area contributed by atoms with Crippen molar-refractivity contribution in [1.82, 2.24) is 5.32 Å². The quantitative estimate of drug-likeness (QED) is 0.657. The van der Waals surface area contributed by atoms with Crippen molar-refractivity contribution in [2.45, 2.75) is 79.1 Å². The third kappa shape index (κ3) is 3.99. The maximum absolute atomic E-state index is 12.7. The van der Waals surface area contributed by atoms with Crippen LogP contribution >= 0.6 is 0 Å². The summed E-state index contributed by atoms with van der Waals surface area (Å²) in [5.74, 6) is -0.317.